The van der Waals surface area contributed by atoms with Gasteiger partial charge in [0, 0.05) is 30.9 Å². The molecule has 0 bridgehead atoms. The quantitative estimate of drug-likeness (QED) is 0.591. The molecule has 0 aromatic carbocycles. The molecule has 0 saturated heterocycles. The van der Waals surface area contributed by atoms with Crippen molar-refractivity contribution in [3.63, 3.8) is 0 Å². The monoisotopic (exact) mass is 202 g/mol. The molecular weight excluding hydrogens is 184 g/mol. The molecule has 0 saturated carbocycles. The lowest BCUT2D eigenvalue weighted by Gasteiger charge is -2.20. The molecule has 15 heavy (non-hydrogen) atoms. The van der Waals surface area contributed by atoms with Crippen molar-refractivity contribution in [3.05, 3.63) is 23.5 Å². The van der Waals surface area contributed by atoms with Gasteiger partial charge in [0.1, 0.15) is 0 Å². The second kappa shape index (κ2) is 4.55. The molecule has 2 N–H and O–H groups in total. The van der Waals surface area contributed by atoms with Crippen molar-refractivity contribution in [2.75, 3.05) is 0 Å². The lowest BCUT2D eigenvalue weighted by Crippen LogP contribution is -2.18. The number of rotatable bonds is 3. The molecule has 1 aliphatic rings. The summed E-state index contributed by atoms with van der Waals surface area (Å²) in [5, 5.41) is 0. The van der Waals surface area contributed by atoms with Gasteiger partial charge in [-0.3, -0.25) is 0 Å². The fraction of sp³-hybridized carbons (Fsp3) is 0.538. The van der Waals surface area contributed by atoms with E-state index in [1.165, 1.54) is 24.1 Å². The van der Waals surface area contributed by atoms with Gasteiger partial charge in [0.15, 0.2) is 0 Å². The zero-order valence-electron chi connectivity index (χ0n) is 9.08. The molecule has 1 unspecified atom stereocenters. The van der Waals surface area contributed by atoms with Crippen LogP contribution in [0.3, 0.4) is 0 Å². The van der Waals surface area contributed by atoms with Crippen LogP contribution in [0.25, 0.3) is 0 Å². The molecule has 2 heteroatoms. The Bertz CT molecular complexity index is 370. The van der Waals surface area contributed by atoms with Gasteiger partial charge < -0.3 is 10.3 Å². The number of nitrogens with two attached hydrogens (primary N) is 1. The smallest absolute Gasteiger partial charge is 0.0312 e. The van der Waals surface area contributed by atoms with E-state index in [1.807, 2.05) is 0 Å². The SMILES string of the molecule is C#CCCCn1ccc2c1CCCC2N. The van der Waals surface area contributed by atoms with E-state index in [4.69, 9.17) is 12.2 Å². The Morgan fingerprint density at radius 1 is 1.60 bits per heavy atom. The van der Waals surface area contributed by atoms with Crippen LogP contribution in [0.15, 0.2) is 12.3 Å². The number of unbranched alkanes of at least 4 members (excludes halogenated alkanes) is 1. The lowest BCUT2D eigenvalue weighted by molar-refractivity contribution is 0.533. The van der Waals surface area contributed by atoms with Crippen molar-refractivity contribution in [1.82, 2.24) is 4.57 Å². The van der Waals surface area contributed by atoms with Crippen molar-refractivity contribution < 1.29 is 0 Å². The number of terminal acetylenes is 1. The summed E-state index contributed by atoms with van der Waals surface area (Å²) in [5.41, 5.74) is 8.85. The molecule has 2 rings (SSSR count). The number of aryl methyl sites for hydroxylation is 1. The third kappa shape index (κ3) is 2.08. The van der Waals surface area contributed by atoms with Crippen LogP contribution in [0.1, 0.15) is 43.0 Å². The molecule has 1 aromatic heterocycles. The largest absolute Gasteiger partial charge is 0.351 e. The molecule has 0 fully saturated rings. The van der Waals surface area contributed by atoms with Crippen LogP contribution < -0.4 is 5.73 Å². The Morgan fingerprint density at radius 3 is 3.27 bits per heavy atom. The van der Waals surface area contributed by atoms with Gasteiger partial charge in [-0.1, -0.05) is 0 Å². The molecule has 80 valence electrons. The molecule has 0 spiro atoms. The van der Waals surface area contributed by atoms with E-state index >= 15 is 0 Å². The summed E-state index contributed by atoms with van der Waals surface area (Å²) in [5.74, 6) is 2.68. The van der Waals surface area contributed by atoms with Crippen LogP contribution in [-0.2, 0) is 13.0 Å². The van der Waals surface area contributed by atoms with E-state index in [9.17, 15) is 0 Å². The van der Waals surface area contributed by atoms with Gasteiger partial charge >= 0.3 is 0 Å². The molecule has 2 nitrogen and oxygen atoms in total. The standard InChI is InChI=1S/C13H18N2/c1-2-3-4-9-15-10-8-11-12(14)6-5-7-13(11)15/h1,8,10,12H,3-7,9,14H2. The van der Waals surface area contributed by atoms with E-state index in [2.05, 4.69) is 22.8 Å². The zero-order chi connectivity index (χ0) is 10.7. The molecule has 0 amide bonds. The fourth-order valence-electron chi connectivity index (χ4n) is 2.35. The third-order valence-corrected chi connectivity index (χ3v) is 3.16. The Balaban J connectivity index is 2.10. The van der Waals surface area contributed by atoms with Crippen LogP contribution in [0, 0.1) is 12.3 Å². The second-order valence-corrected chi connectivity index (χ2v) is 4.22. The molecular formula is C13H18N2. The first-order valence-corrected chi connectivity index (χ1v) is 5.70. The summed E-state index contributed by atoms with van der Waals surface area (Å²) < 4.78 is 2.33. The fourth-order valence-corrected chi connectivity index (χ4v) is 2.35. The summed E-state index contributed by atoms with van der Waals surface area (Å²) in [7, 11) is 0. The van der Waals surface area contributed by atoms with E-state index in [-0.39, 0.29) is 6.04 Å². The number of hydrogen-bond donors (Lipinski definition) is 1. The van der Waals surface area contributed by atoms with Crippen LogP contribution in [0.4, 0.5) is 0 Å². The van der Waals surface area contributed by atoms with E-state index in [0.717, 1.165) is 25.8 Å². The van der Waals surface area contributed by atoms with Gasteiger partial charge in [-0.25, -0.2) is 0 Å². The minimum Gasteiger partial charge on any atom is -0.351 e. The molecule has 0 radical (unpaired) electrons. The van der Waals surface area contributed by atoms with Gasteiger partial charge in [0.25, 0.3) is 0 Å². The van der Waals surface area contributed by atoms with Crippen LogP contribution in [0.2, 0.25) is 0 Å². The molecule has 1 aromatic rings. The Hall–Kier alpha value is -1.20. The van der Waals surface area contributed by atoms with Gasteiger partial charge in [0.2, 0.25) is 0 Å². The van der Waals surface area contributed by atoms with Crippen molar-refractivity contribution in [1.29, 1.82) is 0 Å². The topological polar surface area (TPSA) is 30.9 Å². The molecule has 1 atom stereocenters. The number of hydrogen-bond acceptors (Lipinski definition) is 1. The summed E-state index contributed by atoms with van der Waals surface area (Å²) >= 11 is 0. The summed E-state index contributed by atoms with van der Waals surface area (Å²) in [6.07, 6.45) is 12.8. The van der Waals surface area contributed by atoms with Crippen molar-refractivity contribution >= 4 is 0 Å². The minimum absolute atomic E-state index is 0.252. The first-order chi connectivity index (χ1) is 7.33. The molecule has 1 aliphatic carbocycles. The van der Waals surface area contributed by atoms with Crippen LogP contribution in [-0.4, -0.2) is 4.57 Å². The maximum Gasteiger partial charge on any atom is 0.0312 e. The van der Waals surface area contributed by atoms with E-state index in [0.29, 0.717) is 0 Å². The van der Waals surface area contributed by atoms with Gasteiger partial charge in [-0.2, -0.15) is 0 Å². The van der Waals surface area contributed by atoms with Gasteiger partial charge in [-0.15, -0.1) is 12.3 Å². The van der Waals surface area contributed by atoms with Crippen LogP contribution >= 0.6 is 0 Å². The highest BCUT2D eigenvalue weighted by Gasteiger charge is 2.19. The molecule has 1 heterocycles. The summed E-state index contributed by atoms with van der Waals surface area (Å²) in [6, 6.07) is 2.43. The average molecular weight is 202 g/mol. The predicted molar refractivity (Wildman–Crippen MR) is 62.4 cm³/mol. The van der Waals surface area contributed by atoms with Crippen molar-refractivity contribution in [2.45, 2.75) is 44.7 Å². The molecule has 0 aliphatic heterocycles. The van der Waals surface area contributed by atoms with E-state index < -0.39 is 0 Å². The van der Waals surface area contributed by atoms with Crippen molar-refractivity contribution in [2.24, 2.45) is 5.73 Å². The maximum atomic E-state index is 6.07. The zero-order valence-corrected chi connectivity index (χ0v) is 9.08. The Labute approximate surface area is 91.5 Å². The summed E-state index contributed by atoms with van der Waals surface area (Å²) in [4.78, 5) is 0. The van der Waals surface area contributed by atoms with Crippen molar-refractivity contribution in [3.8, 4) is 12.3 Å². The summed E-state index contributed by atoms with van der Waals surface area (Å²) in [6.45, 7) is 1.03. The lowest BCUT2D eigenvalue weighted by atomic mass is 9.94. The van der Waals surface area contributed by atoms with E-state index in [1.54, 1.807) is 0 Å². The highest BCUT2D eigenvalue weighted by Crippen LogP contribution is 2.28. The Morgan fingerprint density at radius 2 is 2.47 bits per heavy atom. The van der Waals surface area contributed by atoms with Gasteiger partial charge in [0.05, 0.1) is 0 Å². The third-order valence-electron chi connectivity index (χ3n) is 3.16. The highest BCUT2D eigenvalue weighted by atomic mass is 15.0. The maximum absolute atomic E-state index is 6.07. The highest BCUT2D eigenvalue weighted by molar-refractivity contribution is 5.28. The first-order valence-electron chi connectivity index (χ1n) is 5.70. The Kier molecular flexibility index (Phi) is 3.13. The number of fused-ring (bicyclic) bond motifs is 1. The predicted octanol–water partition coefficient (Wildman–Crippen LogP) is 2.24. The number of aromatic nitrogens is 1. The second-order valence-electron chi connectivity index (χ2n) is 4.22. The van der Waals surface area contributed by atoms with Crippen LogP contribution in [0.5, 0.6) is 0 Å². The van der Waals surface area contributed by atoms with Gasteiger partial charge in [-0.05, 0) is 37.3 Å². The number of nitrogens with zero attached hydrogens (tertiary/aromatic N) is 1. The minimum atomic E-state index is 0.252. The first kappa shape index (κ1) is 10.3. The average Bonchev–Trinajstić information content (AvgIpc) is 2.64. The normalized spacial score (nSPS) is 19.6.